The van der Waals surface area contributed by atoms with Gasteiger partial charge >= 0.3 is 0 Å². The lowest BCUT2D eigenvalue weighted by molar-refractivity contribution is 0.0624. The first-order valence-corrected chi connectivity index (χ1v) is 9.13. The number of carbonyl (C=O) groups excluding carboxylic acids is 2. The summed E-state index contributed by atoms with van der Waals surface area (Å²) in [6.45, 7) is 9.17. The van der Waals surface area contributed by atoms with E-state index < -0.39 is 0 Å². The third-order valence-electron chi connectivity index (χ3n) is 4.99. The molecule has 0 aliphatic carbocycles. The highest BCUT2D eigenvalue weighted by Gasteiger charge is 2.24. The van der Waals surface area contributed by atoms with Crippen LogP contribution in [0.4, 0.5) is 0 Å². The van der Waals surface area contributed by atoms with Crippen LogP contribution in [0.3, 0.4) is 0 Å². The molecule has 0 unspecified atom stereocenters. The molecule has 1 heterocycles. The summed E-state index contributed by atoms with van der Waals surface area (Å²) in [5.74, 6) is 0.235. The maximum absolute atomic E-state index is 12.6. The predicted molar refractivity (Wildman–Crippen MR) is 104 cm³/mol. The predicted octanol–water partition coefficient (Wildman–Crippen LogP) is 3.25. The van der Waals surface area contributed by atoms with Crippen molar-refractivity contribution in [1.29, 1.82) is 0 Å². The zero-order valence-electron chi connectivity index (χ0n) is 15.8. The van der Waals surface area contributed by atoms with Crippen molar-refractivity contribution in [1.82, 2.24) is 9.80 Å². The molecule has 0 aromatic heterocycles. The Kier molecular flexibility index (Phi) is 5.52. The summed E-state index contributed by atoms with van der Waals surface area (Å²) in [6, 6.07) is 13.7. The molecule has 2 aromatic carbocycles. The number of Topliss-reactive ketones (excluding diaryl/α,β-unsaturated/α-hetero) is 1. The lowest BCUT2D eigenvalue weighted by Crippen LogP contribution is -2.50. The van der Waals surface area contributed by atoms with E-state index >= 15 is 0 Å². The van der Waals surface area contributed by atoms with E-state index in [1.54, 1.807) is 0 Å². The average molecular weight is 350 g/mol. The fourth-order valence-corrected chi connectivity index (χ4v) is 3.39. The van der Waals surface area contributed by atoms with E-state index in [2.05, 4.69) is 4.90 Å². The third kappa shape index (κ3) is 4.20. The number of amides is 1. The summed E-state index contributed by atoms with van der Waals surface area (Å²) in [6.07, 6.45) is 0. The Balaban J connectivity index is 1.57. The largest absolute Gasteiger partial charge is 0.336 e. The Morgan fingerprint density at radius 3 is 2.27 bits per heavy atom. The Morgan fingerprint density at radius 1 is 0.885 bits per heavy atom. The summed E-state index contributed by atoms with van der Waals surface area (Å²) >= 11 is 0. The quantitative estimate of drug-likeness (QED) is 0.795. The number of ketones is 1. The Hall–Kier alpha value is -2.46. The molecule has 0 N–H and O–H groups in total. The monoisotopic (exact) mass is 350 g/mol. The zero-order valence-corrected chi connectivity index (χ0v) is 15.8. The van der Waals surface area contributed by atoms with Crippen LogP contribution in [0.5, 0.6) is 0 Å². The Labute approximate surface area is 155 Å². The van der Waals surface area contributed by atoms with Crippen molar-refractivity contribution in [2.75, 3.05) is 32.7 Å². The molecule has 4 nitrogen and oxygen atoms in total. The minimum atomic E-state index is 0.0780. The molecule has 26 heavy (non-hydrogen) atoms. The second kappa shape index (κ2) is 7.83. The molecule has 1 amide bonds. The van der Waals surface area contributed by atoms with Crippen LogP contribution in [0.25, 0.3) is 0 Å². The smallest absolute Gasteiger partial charge is 0.253 e. The van der Waals surface area contributed by atoms with Crippen LogP contribution in [-0.2, 0) is 0 Å². The Bertz CT molecular complexity index is 821. The molecule has 4 heteroatoms. The summed E-state index contributed by atoms with van der Waals surface area (Å²) in [5.41, 5.74) is 4.77. The lowest BCUT2D eigenvalue weighted by Gasteiger charge is -2.34. The molecular formula is C22H26N2O2. The summed E-state index contributed by atoms with van der Waals surface area (Å²) in [5, 5.41) is 0. The van der Waals surface area contributed by atoms with Gasteiger partial charge in [-0.05, 0) is 44.5 Å². The van der Waals surface area contributed by atoms with Crippen molar-refractivity contribution in [3.05, 3.63) is 70.3 Å². The molecule has 1 aliphatic rings. The van der Waals surface area contributed by atoms with Gasteiger partial charge in [0.05, 0.1) is 6.54 Å². The van der Waals surface area contributed by atoms with Gasteiger partial charge in [0.15, 0.2) is 5.78 Å². The molecular weight excluding hydrogens is 324 g/mol. The maximum atomic E-state index is 12.6. The molecule has 0 radical (unpaired) electrons. The van der Waals surface area contributed by atoms with Crippen LogP contribution in [0.1, 0.15) is 37.4 Å². The van der Waals surface area contributed by atoms with E-state index in [-0.39, 0.29) is 11.7 Å². The molecule has 1 saturated heterocycles. The van der Waals surface area contributed by atoms with E-state index in [1.807, 2.05) is 68.1 Å². The number of aryl methyl sites for hydroxylation is 3. The van der Waals surface area contributed by atoms with E-state index in [9.17, 15) is 9.59 Å². The van der Waals surface area contributed by atoms with Gasteiger partial charge in [-0.1, -0.05) is 35.4 Å². The third-order valence-corrected chi connectivity index (χ3v) is 4.99. The van der Waals surface area contributed by atoms with Gasteiger partial charge in [-0.15, -0.1) is 0 Å². The number of hydrogen-bond donors (Lipinski definition) is 0. The van der Waals surface area contributed by atoms with E-state index in [1.165, 1.54) is 0 Å². The van der Waals surface area contributed by atoms with Crippen molar-refractivity contribution in [2.24, 2.45) is 0 Å². The molecule has 0 bridgehead atoms. The lowest BCUT2D eigenvalue weighted by atomic mass is 10.0. The number of hydrogen-bond acceptors (Lipinski definition) is 3. The molecule has 0 atom stereocenters. The topological polar surface area (TPSA) is 40.6 Å². The second-order valence-corrected chi connectivity index (χ2v) is 7.18. The van der Waals surface area contributed by atoms with Crippen LogP contribution in [0.15, 0.2) is 42.5 Å². The van der Waals surface area contributed by atoms with Gasteiger partial charge in [0.1, 0.15) is 0 Å². The minimum absolute atomic E-state index is 0.0780. The summed E-state index contributed by atoms with van der Waals surface area (Å²) in [4.78, 5) is 29.3. The zero-order chi connectivity index (χ0) is 18.7. The molecule has 2 aromatic rings. The van der Waals surface area contributed by atoms with Crippen molar-refractivity contribution in [3.8, 4) is 0 Å². The minimum Gasteiger partial charge on any atom is -0.336 e. The molecule has 0 spiro atoms. The van der Waals surface area contributed by atoms with Crippen LogP contribution in [0, 0.1) is 20.8 Å². The van der Waals surface area contributed by atoms with Gasteiger partial charge < -0.3 is 4.90 Å². The number of carbonyl (C=O) groups is 2. The molecule has 3 rings (SSSR count). The molecule has 1 aliphatic heterocycles. The average Bonchev–Trinajstić information content (AvgIpc) is 2.63. The van der Waals surface area contributed by atoms with Crippen LogP contribution in [0.2, 0.25) is 0 Å². The normalized spacial score (nSPS) is 15.1. The van der Waals surface area contributed by atoms with Gasteiger partial charge in [0, 0.05) is 37.3 Å². The number of nitrogens with zero attached hydrogens (tertiary/aromatic N) is 2. The van der Waals surface area contributed by atoms with Crippen LogP contribution >= 0.6 is 0 Å². The van der Waals surface area contributed by atoms with E-state index in [4.69, 9.17) is 0 Å². The first-order valence-electron chi connectivity index (χ1n) is 9.13. The number of piperazine rings is 1. The van der Waals surface area contributed by atoms with Crippen LogP contribution < -0.4 is 0 Å². The SMILES string of the molecule is Cc1cccc(C(=O)N2CCN(CC(=O)c3cc(C)ccc3C)CC2)c1. The fraction of sp³-hybridized carbons (Fsp3) is 0.364. The van der Waals surface area contributed by atoms with Gasteiger partial charge in [0.2, 0.25) is 0 Å². The fourth-order valence-electron chi connectivity index (χ4n) is 3.39. The van der Waals surface area contributed by atoms with E-state index in [0.29, 0.717) is 19.6 Å². The standard InChI is InChI=1S/C22H26N2O2/c1-16-5-4-6-19(13-16)22(26)24-11-9-23(10-12-24)15-21(25)20-14-17(2)7-8-18(20)3/h4-8,13-14H,9-12,15H2,1-3H3. The molecule has 136 valence electrons. The molecule has 0 saturated carbocycles. The maximum Gasteiger partial charge on any atom is 0.253 e. The Morgan fingerprint density at radius 2 is 1.58 bits per heavy atom. The van der Waals surface area contributed by atoms with Crippen molar-refractivity contribution in [3.63, 3.8) is 0 Å². The van der Waals surface area contributed by atoms with Crippen molar-refractivity contribution in [2.45, 2.75) is 20.8 Å². The molecule has 1 fully saturated rings. The van der Waals surface area contributed by atoms with E-state index in [0.717, 1.165) is 40.9 Å². The summed E-state index contributed by atoms with van der Waals surface area (Å²) in [7, 11) is 0. The van der Waals surface area contributed by atoms with Crippen LogP contribution in [-0.4, -0.2) is 54.2 Å². The van der Waals surface area contributed by atoms with Crippen molar-refractivity contribution < 1.29 is 9.59 Å². The highest BCUT2D eigenvalue weighted by atomic mass is 16.2. The second-order valence-electron chi connectivity index (χ2n) is 7.18. The number of benzene rings is 2. The first-order chi connectivity index (χ1) is 12.4. The highest BCUT2D eigenvalue weighted by molar-refractivity contribution is 5.99. The van der Waals surface area contributed by atoms with Crippen molar-refractivity contribution >= 4 is 11.7 Å². The first kappa shape index (κ1) is 18.3. The highest BCUT2D eigenvalue weighted by Crippen LogP contribution is 2.14. The van der Waals surface area contributed by atoms with Gasteiger partial charge in [-0.25, -0.2) is 0 Å². The van der Waals surface area contributed by atoms with Gasteiger partial charge in [-0.2, -0.15) is 0 Å². The van der Waals surface area contributed by atoms with Gasteiger partial charge in [0.25, 0.3) is 5.91 Å². The summed E-state index contributed by atoms with van der Waals surface area (Å²) < 4.78 is 0. The van der Waals surface area contributed by atoms with Gasteiger partial charge in [-0.3, -0.25) is 14.5 Å². The number of rotatable bonds is 4.